The van der Waals surface area contributed by atoms with Crippen LogP contribution in [0, 0.1) is 12.3 Å². The number of piperidine rings is 2. The third-order valence-electron chi connectivity index (χ3n) is 6.58. The van der Waals surface area contributed by atoms with Crippen LogP contribution in [0.15, 0.2) is 4.63 Å². The lowest BCUT2D eigenvalue weighted by molar-refractivity contribution is -0.143. The largest absolute Gasteiger partial charge is 0.381 e. The van der Waals surface area contributed by atoms with E-state index in [1.54, 1.807) is 6.92 Å². The maximum Gasteiger partial charge on any atom is 0.278 e. The number of carbonyl (C=O) groups excluding carboxylic acids is 2. The number of aryl methyl sites for hydroxylation is 1. The average Bonchev–Trinajstić information content (AvgIpc) is 3.13. The Morgan fingerprint density at radius 1 is 1.18 bits per heavy atom. The van der Waals surface area contributed by atoms with Crippen LogP contribution in [0.5, 0.6) is 0 Å². The third-order valence-corrected chi connectivity index (χ3v) is 6.58. The number of hydrogen-bond donors (Lipinski definition) is 1. The summed E-state index contributed by atoms with van der Waals surface area (Å²) >= 11 is 0. The number of likely N-dealkylation sites (N-methyl/N-ethyl adjacent to an activating group) is 1. The number of nitrogens with zero attached hydrogens (tertiary/aromatic N) is 4. The van der Waals surface area contributed by atoms with Crippen molar-refractivity contribution in [1.29, 1.82) is 0 Å². The highest BCUT2D eigenvalue weighted by molar-refractivity contribution is 5.94. The minimum atomic E-state index is -0.552. The summed E-state index contributed by atoms with van der Waals surface area (Å²) in [5, 5.41) is 10.8. The smallest absolute Gasteiger partial charge is 0.278 e. The molecular formula is C19H29N5O4. The number of fused-ring (bicyclic) bond motifs is 1. The first-order valence-electron chi connectivity index (χ1n) is 10.2. The molecule has 0 unspecified atom stereocenters. The van der Waals surface area contributed by atoms with E-state index in [2.05, 4.69) is 20.5 Å². The molecule has 1 N–H and O–H groups in total. The van der Waals surface area contributed by atoms with Gasteiger partial charge < -0.3 is 19.9 Å². The van der Waals surface area contributed by atoms with Crippen LogP contribution in [-0.2, 0) is 9.53 Å². The molecule has 1 aromatic rings. The fraction of sp³-hybridized carbons (Fsp3) is 0.789. The molecule has 9 nitrogen and oxygen atoms in total. The van der Waals surface area contributed by atoms with E-state index in [4.69, 9.17) is 9.37 Å². The highest BCUT2D eigenvalue weighted by atomic mass is 16.6. The number of rotatable bonds is 3. The molecule has 2 amide bonds. The van der Waals surface area contributed by atoms with Gasteiger partial charge in [0.05, 0.1) is 11.5 Å². The Labute approximate surface area is 164 Å². The van der Waals surface area contributed by atoms with E-state index in [-0.39, 0.29) is 29.6 Å². The van der Waals surface area contributed by atoms with Crippen molar-refractivity contribution in [3.63, 3.8) is 0 Å². The highest BCUT2D eigenvalue weighted by Crippen LogP contribution is 2.43. The van der Waals surface area contributed by atoms with Crippen LogP contribution in [0.3, 0.4) is 0 Å². The number of aromatic nitrogens is 2. The van der Waals surface area contributed by atoms with Crippen LogP contribution >= 0.6 is 0 Å². The van der Waals surface area contributed by atoms with Crippen LogP contribution < -0.4 is 5.32 Å². The van der Waals surface area contributed by atoms with Crippen molar-refractivity contribution >= 4 is 11.8 Å². The number of nitrogens with one attached hydrogen (secondary N) is 1. The van der Waals surface area contributed by atoms with Gasteiger partial charge in [-0.1, -0.05) is 5.16 Å². The summed E-state index contributed by atoms with van der Waals surface area (Å²) in [4.78, 5) is 30.7. The van der Waals surface area contributed by atoms with E-state index < -0.39 is 5.41 Å². The molecule has 0 aromatic carbocycles. The molecule has 0 aliphatic carbocycles. The number of ether oxygens (including phenoxy) is 1. The van der Waals surface area contributed by atoms with Gasteiger partial charge in [0.15, 0.2) is 5.69 Å². The van der Waals surface area contributed by atoms with Crippen molar-refractivity contribution < 1.29 is 19.0 Å². The Hall–Kier alpha value is -2.00. The number of hydrogen-bond acceptors (Lipinski definition) is 7. The molecule has 0 spiro atoms. The second kappa shape index (κ2) is 7.79. The SMILES string of the molecule is Cc1nonc1C(=O)N1CCC[C@@]2(C(=O)NC3CCOCC3)CCN(C)C[C@H]12. The third kappa shape index (κ3) is 3.41. The molecule has 2 atom stereocenters. The normalized spacial score (nSPS) is 29.4. The van der Waals surface area contributed by atoms with Crippen molar-refractivity contribution in [3.8, 4) is 0 Å². The summed E-state index contributed by atoms with van der Waals surface area (Å²) in [5.41, 5.74) is 0.176. The van der Waals surface area contributed by atoms with E-state index in [0.717, 1.165) is 38.6 Å². The lowest BCUT2D eigenvalue weighted by atomic mass is 9.67. The van der Waals surface area contributed by atoms with E-state index in [1.165, 1.54) is 0 Å². The second-order valence-electron chi connectivity index (χ2n) is 8.34. The minimum absolute atomic E-state index is 0.0880. The quantitative estimate of drug-likeness (QED) is 0.805. The summed E-state index contributed by atoms with van der Waals surface area (Å²) < 4.78 is 10.2. The topological polar surface area (TPSA) is 101 Å². The fourth-order valence-corrected chi connectivity index (χ4v) is 4.88. The molecule has 28 heavy (non-hydrogen) atoms. The van der Waals surface area contributed by atoms with Gasteiger partial charge in [-0.15, -0.1) is 0 Å². The van der Waals surface area contributed by atoms with Crippen LogP contribution in [0.25, 0.3) is 0 Å². The second-order valence-corrected chi connectivity index (χ2v) is 8.34. The highest BCUT2D eigenvalue weighted by Gasteiger charge is 2.54. The predicted octanol–water partition coefficient (Wildman–Crippen LogP) is 0.600. The number of amides is 2. The molecule has 0 radical (unpaired) electrons. The molecule has 0 bridgehead atoms. The zero-order chi connectivity index (χ0) is 19.7. The van der Waals surface area contributed by atoms with Crippen LogP contribution in [0.2, 0.25) is 0 Å². The van der Waals surface area contributed by atoms with Crippen molar-refractivity contribution in [2.24, 2.45) is 5.41 Å². The summed E-state index contributed by atoms with van der Waals surface area (Å²) in [5.74, 6) is -0.105. The maximum absolute atomic E-state index is 13.5. The van der Waals surface area contributed by atoms with Crippen molar-refractivity contribution in [1.82, 2.24) is 25.4 Å². The summed E-state index contributed by atoms with van der Waals surface area (Å²) in [7, 11) is 2.04. The summed E-state index contributed by atoms with van der Waals surface area (Å²) in [6.45, 7) is 5.24. The molecule has 3 aliphatic heterocycles. The van der Waals surface area contributed by atoms with Gasteiger partial charge in [-0.3, -0.25) is 9.59 Å². The standard InChI is InChI=1S/C19H29N5O4/c1-13-16(22-28-21-13)17(25)24-8-3-6-19(7-9-23(2)12-15(19)24)18(26)20-14-4-10-27-11-5-14/h14-15H,3-12H2,1-2H3,(H,20,26)/t15-,19+/m0/s1. The van der Waals surface area contributed by atoms with Crippen LogP contribution in [-0.4, -0.2) is 83.9 Å². The average molecular weight is 391 g/mol. The lowest BCUT2D eigenvalue weighted by Gasteiger charge is -2.53. The Kier molecular flexibility index (Phi) is 5.37. The Balaban J connectivity index is 1.59. The summed E-state index contributed by atoms with van der Waals surface area (Å²) in [6, 6.07) is -0.0209. The van der Waals surface area contributed by atoms with Gasteiger partial charge in [0.2, 0.25) is 5.91 Å². The van der Waals surface area contributed by atoms with Crippen molar-refractivity contribution in [2.45, 2.75) is 51.1 Å². The molecule has 4 heterocycles. The van der Waals surface area contributed by atoms with Crippen LogP contribution in [0.4, 0.5) is 0 Å². The van der Waals surface area contributed by atoms with E-state index >= 15 is 0 Å². The van der Waals surface area contributed by atoms with Gasteiger partial charge >= 0.3 is 0 Å². The minimum Gasteiger partial charge on any atom is -0.381 e. The van der Waals surface area contributed by atoms with Gasteiger partial charge in [-0.05, 0) is 57.8 Å². The molecule has 9 heteroatoms. The Morgan fingerprint density at radius 2 is 1.96 bits per heavy atom. The molecule has 0 saturated carbocycles. The predicted molar refractivity (Wildman–Crippen MR) is 99.6 cm³/mol. The number of likely N-dealkylation sites (tertiary alicyclic amines) is 2. The van der Waals surface area contributed by atoms with E-state index in [0.29, 0.717) is 32.0 Å². The van der Waals surface area contributed by atoms with Gasteiger partial charge in [-0.2, -0.15) is 0 Å². The molecule has 3 fully saturated rings. The molecule has 154 valence electrons. The van der Waals surface area contributed by atoms with Gasteiger partial charge in [0, 0.05) is 32.3 Å². The van der Waals surface area contributed by atoms with E-state index in [1.807, 2.05) is 11.9 Å². The van der Waals surface area contributed by atoms with Crippen molar-refractivity contribution in [2.75, 3.05) is 39.9 Å². The summed E-state index contributed by atoms with van der Waals surface area (Å²) in [6.07, 6.45) is 4.05. The first-order valence-corrected chi connectivity index (χ1v) is 10.2. The van der Waals surface area contributed by atoms with E-state index in [9.17, 15) is 9.59 Å². The molecule has 4 rings (SSSR count). The first kappa shape index (κ1) is 19.3. The molecule has 3 saturated heterocycles. The lowest BCUT2D eigenvalue weighted by Crippen LogP contribution is -2.67. The Morgan fingerprint density at radius 3 is 2.68 bits per heavy atom. The van der Waals surface area contributed by atoms with Crippen molar-refractivity contribution in [3.05, 3.63) is 11.4 Å². The monoisotopic (exact) mass is 391 g/mol. The Bertz CT molecular complexity index is 732. The fourth-order valence-electron chi connectivity index (χ4n) is 4.88. The van der Waals surface area contributed by atoms with Gasteiger partial charge in [0.1, 0.15) is 5.69 Å². The van der Waals surface area contributed by atoms with Gasteiger partial charge in [0.25, 0.3) is 5.91 Å². The maximum atomic E-state index is 13.5. The van der Waals surface area contributed by atoms with Crippen LogP contribution in [0.1, 0.15) is 48.3 Å². The first-order chi connectivity index (χ1) is 13.5. The molecular weight excluding hydrogens is 362 g/mol. The zero-order valence-electron chi connectivity index (χ0n) is 16.6. The zero-order valence-corrected chi connectivity index (χ0v) is 16.6. The molecule has 3 aliphatic rings. The van der Waals surface area contributed by atoms with Gasteiger partial charge in [-0.25, -0.2) is 4.63 Å². The molecule has 1 aromatic heterocycles. The number of carbonyl (C=O) groups is 2.